The van der Waals surface area contributed by atoms with Crippen molar-refractivity contribution < 1.29 is 4.79 Å². The van der Waals surface area contributed by atoms with Gasteiger partial charge in [-0.1, -0.05) is 18.2 Å². The third-order valence-electron chi connectivity index (χ3n) is 3.69. The molecule has 0 aromatic rings. The summed E-state index contributed by atoms with van der Waals surface area (Å²) in [6, 6.07) is 0.942. The van der Waals surface area contributed by atoms with Gasteiger partial charge in [-0.3, -0.25) is 4.79 Å². The van der Waals surface area contributed by atoms with E-state index in [1.54, 1.807) is 6.08 Å². The molecule has 2 unspecified atom stereocenters. The van der Waals surface area contributed by atoms with Crippen molar-refractivity contribution in [2.75, 3.05) is 13.1 Å². The lowest BCUT2D eigenvalue weighted by atomic mass is 10.0. The molecule has 2 fully saturated rings. The molecule has 3 nitrogen and oxygen atoms in total. The maximum absolute atomic E-state index is 12.1. The van der Waals surface area contributed by atoms with Crippen molar-refractivity contribution in [2.45, 2.75) is 44.7 Å². The number of likely N-dealkylation sites (tertiary alicyclic amines) is 1. The van der Waals surface area contributed by atoms with Crippen LogP contribution in [0.4, 0.5) is 0 Å². The molecule has 17 heavy (non-hydrogen) atoms. The standard InChI is InChI=1S/C14H22N2O/c1-2-3-4-9-14(17)16-11-6-8-13(16)12-7-5-10-15-12/h2-4,9,12-13,15H,5-8,10-11H2,1H3/b3-2+,9-4+. The van der Waals surface area contributed by atoms with Crippen LogP contribution in [0.15, 0.2) is 24.3 Å². The van der Waals surface area contributed by atoms with Crippen LogP contribution < -0.4 is 5.32 Å². The maximum atomic E-state index is 12.1. The second kappa shape index (κ2) is 6.01. The zero-order chi connectivity index (χ0) is 12.1. The minimum atomic E-state index is 0.166. The van der Waals surface area contributed by atoms with E-state index in [4.69, 9.17) is 0 Å². The van der Waals surface area contributed by atoms with Gasteiger partial charge in [-0.2, -0.15) is 0 Å². The van der Waals surface area contributed by atoms with Crippen LogP contribution in [0.1, 0.15) is 32.6 Å². The topological polar surface area (TPSA) is 32.3 Å². The van der Waals surface area contributed by atoms with Gasteiger partial charge in [-0.25, -0.2) is 0 Å². The molecular formula is C14H22N2O. The minimum Gasteiger partial charge on any atom is -0.335 e. The van der Waals surface area contributed by atoms with Gasteiger partial charge in [-0.05, 0) is 39.2 Å². The Labute approximate surface area is 104 Å². The highest BCUT2D eigenvalue weighted by atomic mass is 16.2. The van der Waals surface area contributed by atoms with Gasteiger partial charge >= 0.3 is 0 Å². The van der Waals surface area contributed by atoms with Crippen molar-refractivity contribution in [3.05, 3.63) is 24.3 Å². The SMILES string of the molecule is C/C=C/C=C/C(=O)N1CCCC1C1CCCN1. The molecule has 2 aliphatic heterocycles. The summed E-state index contributed by atoms with van der Waals surface area (Å²) in [6.07, 6.45) is 12.1. The van der Waals surface area contributed by atoms with Crippen molar-refractivity contribution >= 4 is 5.91 Å². The molecule has 2 saturated heterocycles. The van der Waals surface area contributed by atoms with Crippen LogP contribution in [0.5, 0.6) is 0 Å². The molecule has 1 amide bonds. The number of rotatable bonds is 3. The summed E-state index contributed by atoms with van der Waals surface area (Å²) in [7, 11) is 0. The predicted octanol–water partition coefficient (Wildman–Crippen LogP) is 1.86. The van der Waals surface area contributed by atoms with E-state index in [2.05, 4.69) is 5.32 Å². The smallest absolute Gasteiger partial charge is 0.246 e. The van der Waals surface area contributed by atoms with Gasteiger partial charge in [-0.15, -0.1) is 0 Å². The lowest BCUT2D eigenvalue weighted by molar-refractivity contribution is -0.127. The van der Waals surface area contributed by atoms with E-state index in [0.29, 0.717) is 12.1 Å². The molecule has 0 spiro atoms. The molecule has 2 rings (SSSR count). The Morgan fingerprint density at radius 3 is 2.88 bits per heavy atom. The highest BCUT2D eigenvalue weighted by Gasteiger charge is 2.34. The second-order valence-electron chi connectivity index (χ2n) is 4.83. The van der Waals surface area contributed by atoms with Crippen molar-refractivity contribution in [1.29, 1.82) is 0 Å². The molecule has 0 aromatic heterocycles. The largest absolute Gasteiger partial charge is 0.335 e. The average Bonchev–Trinajstić information content (AvgIpc) is 2.99. The van der Waals surface area contributed by atoms with Crippen LogP contribution in [0.25, 0.3) is 0 Å². The van der Waals surface area contributed by atoms with Gasteiger partial charge < -0.3 is 10.2 Å². The molecule has 0 aliphatic carbocycles. The number of amides is 1. The van der Waals surface area contributed by atoms with Gasteiger partial charge in [0.25, 0.3) is 0 Å². The second-order valence-corrected chi connectivity index (χ2v) is 4.83. The van der Waals surface area contributed by atoms with E-state index in [9.17, 15) is 4.79 Å². The molecule has 0 aromatic carbocycles. The van der Waals surface area contributed by atoms with Gasteiger partial charge in [0.1, 0.15) is 0 Å². The van der Waals surface area contributed by atoms with Crippen LogP contribution in [0.3, 0.4) is 0 Å². The van der Waals surface area contributed by atoms with Crippen LogP contribution in [0, 0.1) is 0 Å². The fourth-order valence-electron chi connectivity index (χ4n) is 2.87. The van der Waals surface area contributed by atoms with Crippen LogP contribution in [-0.4, -0.2) is 36.0 Å². The van der Waals surface area contributed by atoms with Crippen LogP contribution in [-0.2, 0) is 4.79 Å². The molecule has 2 heterocycles. The molecule has 2 atom stereocenters. The lowest BCUT2D eigenvalue weighted by Crippen LogP contribution is -2.46. The van der Waals surface area contributed by atoms with Crippen molar-refractivity contribution in [3.63, 3.8) is 0 Å². The average molecular weight is 234 g/mol. The number of carbonyl (C=O) groups excluding carboxylic acids is 1. The lowest BCUT2D eigenvalue weighted by Gasteiger charge is -2.28. The third-order valence-corrected chi connectivity index (χ3v) is 3.69. The molecule has 0 bridgehead atoms. The van der Waals surface area contributed by atoms with Gasteiger partial charge in [0, 0.05) is 24.7 Å². The molecule has 94 valence electrons. The van der Waals surface area contributed by atoms with Crippen molar-refractivity contribution in [1.82, 2.24) is 10.2 Å². The minimum absolute atomic E-state index is 0.166. The first kappa shape index (κ1) is 12.4. The Hall–Kier alpha value is -1.09. The summed E-state index contributed by atoms with van der Waals surface area (Å²) < 4.78 is 0. The third kappa shape index (κ3) is 2.97. The number of carbonyl (C=O) groups is 1. The van der Waals surface area contributed by atoms with E-state index < -0.39 is 0 Å². The first-order chi connectivity index (χ1) is 8.33. The van der Waals surface area contributed by atoms with E-state index in [1.165, 1.54) is 12.8 Å². The van der Waals surface area contributed by atoms with Gasteiger partial charge in [0.15, 0.2) is 0 Å². The van der Waals surface area contributed by atoms with E-state index in [1.807, 2.05) is 30.1 Å². The highest BCUT2D eigenvalue weighted by Crippen LogP contribution is 2.24. The summed E-state index contributed by atoms with van der Waals surface area (Å²) in [5.41, 5.74) is 0. The van der Waals surface area contributed by atoms with E-state index >= 15 is 0 Å². The first-order valence-electron chi connectivity index (χ1n) is 6.66. The van der Waals surface area contributed by atoms with E-state index in [0.717, 1.165) is 25.9 Å². The number of hydrogen-bond acceptors (Lipinski definition) is 2. The molecule has 0 saturated carbocycles. The van der Waals surface area contributed by atoms with Crippen LogP contribution in [0.2, 0.25) is 0 Å². The zero-order valence-electron chi connectivity index (χ0n) is 10.6. The predicted molar refractivity (Wildman–Crippen MR) is 69.7 cm³/mol. The van der Waals surface area contributed by atoms with Gasteiger partial charge in [0.2, 0.25) is 5.91 Å². The Morgan fingerprint density at radius 1 is 1.29 bits per heavy atom. The summed E-state index contributed by atoms with van der Waals surface area (Å²) in [4.78, 5) is 14.1. The summed E-state index contributed by atoms with van der Waals surface area (Å²) in [5.74, 6) is 0.166. The Morgan fingerprint density at radius 2 is 2.18 bits per heavy atom. The fraction of sp³-hybridized carbons (Fsp3) is 0.643. The normalized spacial score (nSPS) is 29.8. The zero-order valence-corrected chi connectivity index (χ0v) is 10.6. The highest BCUT2D eigenvalue weighted by molar-refractivity contribution is 5.88. The summed E-state index contributed by atoms with van der Waals surface area (Å²) in [5, 5.41) is 3.52. The number of hydrogen-bond donors (Lipinski definition) is 1. The molecule has 2 aliphatic rings. The van der Waals surface area contributed by atoms with Crippen molar-refractivity contribution in [2.24, 2.45) is 0 Å². The molecule has 0 radical (unpaired) electrons. The number of nitrogens with zero attached hydrogens (tertiary/aromatic N) is 1. The Balaban J connectivity index is 1.96. The van der Waals surface area contributed by atoms with Crippen molar-refractivity contribution in [3.8, 4) is 0 Å². The Bertz CT molecular complexity index is 316. The molecule has 1 N–H and O–H groups in total. The van der Waals surface area contributed by atoms with Gasteiger partial charge in [0.05, 0.1) is 0 Å². The monoisotopic (exact) mass is 234 g/mol. The van der Waals surface area contributed by atoms with E-state index in [-0.39, 0.29) is 5.91 Å². The molecular weight excluding hydrogens is 212 g/mol. The first-order valence-corrected chi connectivity index (χ1v) is 6.66. The number of allylic oxidation sites excluding steroid dienone is 3. The molecule has 3 heteroatoms. The number of nitrogens with one attached hydrogen (secondary N) is 1. The Kier molecular flexibility index (Phi) is 4.37. The summed E-state index contributed by atoms with van der Waals surface area (Å²) >= 11 is 0. The van der Waals surface area contributed by atoms with Crippen LogP contribution >= 0.6 is 0 Å². The fourth-order valence-corrected chi connectivity index (χ4v) is 2.87. The summed E-state index contributed by atoms with van der Waals surface area (Å²) in [6.45, 7) is 3.98. The maximum Gasteiger partial charge on any atom is 0.246 e. The quantitative estimate of drug-likeness (QED) is 0.597.